The summed E-state index contributed by atoms with van der Waals surface area (Å²) in [5.74, 6) is 1.68. The minimum absolute atomic E-state index is 0.0719. The van der Waals surface area contributed by atoms with Crippen molar-refractivity contribution in [2.75, 3.05) is 34.9 Å². The molecule has 28 heavy (non-hydrogen) atoms. The molecule has 9 nitrogen and oxygen atoms in total. The fourth-order valence-electron chi connectivity index (χ4n) is 2.61. The highest BCUT2D eigenvalue weighted by molar-refractivity contribution is 7.71. The molecule has 10 heteroatoms. The average Bonchev–Trinajstić information content (AvgIpc) is 2.99. The third-order valence-corrected chi connectivity index (χ3v) is 4.05. The van der Waals surface area contributed by atoms with Crippen LogP contribution in [0, 0.1) is 4.84 Å². The SMILES string of the molecule is COc1cc(-c2nn(CN(C)CC(=O)NC(C)C)c(=S)o2)cc(OC)c1OC. The van der Waals surface area contributed by atoms with Gasteiger partial charge in [-0.1, -0.05) is 0 Å². The second-order valence-electron chi connectivity index (χ2n) is 6.46. The molecule has 0 bridgehead atoms. The number of hydrogen-bond acceptors (Lipinski definition) is 8. The zero-order valence-corrected chi connectivity index (χ0v) is 17.8. The van der Waals surface area contributed by atoms with Crippen molar-refractivity contribution in [3.05, 3.63) is 17.0 Å². The Hall–Kier alpha value is -2.59. The molecule has 1 N–H and O–H groups in total. The summed E-state index contributed by atoms with van der Waals surface area (Å²) in [7, 11) is 6.40. The first-order valence-corrected chi connectivity index (χ1v) is 9.06. The molecule has 0 aliphatic rings. The van der Waals surface area contributed by atoms with E-state index >= 15 is 0 Å². The minimum atomic E-state index is -0.0719. The summed E-state index contributed by atoms with van der Waals surface area (Å²) in [6.07, 6.45) is 0. The molecule has 1 aromatic heterocycles. The van der Waals surface area contributed by atoms with Crippen molar-refractivity contribution in [2.45, 2.75) is 26.6 Å². The highest BCUT2D eigenvalue weighted by Crippen LogP contribution is 2.40. The number of hydrogen-bond donors (Lipinski definition) is 1. The summed E-state index contributed by atoms with van der Waals surface area (Å²) in [5.41, 5.74) is 0.625. The molecular formula is C18H26N4O5S. The number of nitrogens with one attached hydrogen (secondary N) is 1. The van der Waals surface area contributed by atoms with Crippen LogP contribution >= 0.6 is 12.2 Å². The summed E-state index contributed by atoms with van der Waals surface area (Å²) < 4.78 is 23.2. The van der Waals surface area contributed by atoms with E-state index in [1.54, 1.807) is 24.1 Å². The van der Waals surface area contributed by atoms with Gasteiger partial charge in [-0.2, -0.15) is 0 Å². The van der Waals surface area contributed by atoms with Gasteiger partial charge in [0.1, 0.15) is 0 Å². The lowest BCUT2D eigenvalue weighted by Crippen LogP contribution is -2.39. The van der Waals surface area contributed by atoms with E-state index < -0.39 is 0 Å². The van der Waals surface area contributed by atoms with Crippen LogP contribution in [0.15, 0.2) is 16.5 Å². The number of aromatic nitrogens is 2. The van der Waals surface area contributed by atoms with E-state index in [0.717, 1.165) is 0 Å². The number of benzene rings is 1. The zero-order chi connectivity index (χ0) is 20.8. The molecule has 0 atom stereocenters. The van der Waals surface area contributed by atoms with Crippen molar-refractivity contribution in [2.24, 2.45) is 0 Å². The Bertz CT molecular complexity index is 852. The lowest BCUT2D eigenvalue weighted by Gasteiger charge is -2.16. The van der Waals surface area contributed by atoms with Gasteiger partial charge in [0.15, 0.2) is 11.5 Å². The van der Waals surface area contributed by atoms with Gasteiger partial charge >= 0.3 is 0 Å². The van der Waals surface area contributed by atoms with Gasteiger partial charge in [-0.3, -0.25) is 9.69 Å². The third kappa shape index (κ3) is 5.23. The maximum Gasteiger partial charge on any atom is 0.288 e. The first-order chi connectivity index (χ1) is 13.3. The predicted octanol–water partition coefficient (Wildman–Crippen LogP) is 2.31. The Balaban J connectivity index is 2.24. The number of carbonyl (C=O) groups is 1. The van der Waals surface area contributed by atoms with Gasteiger partial charge in [0, 0.05) is 11.6 Å². The molecule has 2 rings (SSSR count). The summed E-state index contributed by atoms with van der Waals surface area (Å²) in [6.45, 7) is 4.34. The molecular weight excluding hydrogens is 384 g/mol. The molecule has 2 aromatic rings. The second kappa shape index (κ2) is 9.56. The highest BCUT2D eigenvalue weighted by Gasteiger charge is 2.18. The van der Waals surface area contributed by atoms with Gasteiger partial charge < -0.3 is 23.9 Å². The fourth-order valence-corrected chi connectivity index (χ4v) is 2.79. The first kappa shape index (κ1) is 21.7. The van der Waals surface area contributed by atoms with E-state index in [-0.39, 0.29) is 23.3 Å². The molecule has 0 aliphatic carbocycles. The van der Waals surface area contributed by atoms with Gasteiger partial charge in [0.25, 0.3) is 4.84 Å². The van der Waals surface area contributed by atoms with Gasteiger partial charge in [0.05, 0.1) is 34.5 Å². The number of ether oxygens (including phenoxy) is 3. The van der Waals surface area contributed by atoms with Gasteiger partial charge in [-0.05, 0) is 45.2 Å². The van der Waals surface area contributed by atoms with Crippen LogP contribution in [0.1, 0.15) is 13.8 Å². The molecule has 0 saturated heterocycles. The van der Waals surface area contributed by atoms with Crippen LogP contribution in [0.25, 0.3) is 11.5 Å². The molecule has 1 amide bonds. The zero-order valence-electron chi connectivity index (χ0n) is 16.9. The van der Waals surface area contributed by atoms with E-state index in [1.165, 1.54) is 26.0 Å². The monoisotopic (exact) mass is 410 g/mol. The molecule has 0 aliphatic heterocycles. The molecule has 0 fully saturated rings. The van der Waals surface area contributed by atoms with Crippen LogP contribution < -0.4 is 19.5 Å². The molecule has 0 radical (unpaired) electrons. The molecule has 0 unspecified atom stereocenters. The van der Waals surface area contributed by atoms with Crippen molar-refractivity contribution in [3.63, 3.8) is 0 Å². The van der Waals surface area contributed by atoms with Crippen molar-refractivity contribution in [1.29, 1.82) is 0 Å². The predicted molar refractivity (Wildman–Crippen MR) is 106 cm³/mol. The Morgan fingerprint density at radius 2 is 1.86 bits per heavy atom. The van der Waals surface area contributed by atoms with Crippen molar-refractivity contribution >= 4 is 18.1 Å². The van der Waals surface area contributed by atoms with E-state index in [9.17, 15) is 4.79 Å². The lowest BCUT2D eigenvalue weighted by molar-refractivity contribution is -0.122. The highest BCUT2D eigenvalue weighted by atomic mass is 32.1. The van der Waals surface area contributed by atoms with Crippen LogP contribution in [0.4, 0.5) is 0 Å². The van der Waals surface area contributed by atoms with Crippen LogP contribution in [0.3, 0.4) is 0 Å². The van der Waals surface area contributed by atoms with Gasteiger partial charge in [0.2, 0.25) is 17.5 Å². The number of methoxy groups -OCH3 is 3. The van der Waals surface area contributed by atoms with E-state index in [2.05, 4.69) is 10.4 Å². The van der Waals surface area contributed by atoms with E-state index in [4.69, 9.17) is 30.8 Å². The summed E-state index contributed by atoms with van der Waals surface area (Å²) >= 11 is 5.27. The maximum absolute atomic E-state index is 11.9. The topological polar surface area (TPSA) is 91.0 Å². The van der Waals surface area contributed by atoms with Crippen molar-refractivity contribution < 1.29 is 23.4 Å². The second-order valence-corrected chi connectivity index (χ2v) is 6.81. The van der Waals surface area contributed by atoms with E-state index in [1.807, 2.05) is 13.8 Å². The quantitative estimate of drug-likeness (QED) is 0.630. The third-order valence-electron chi connectivity index (χ3n) is 3.76. The largest absolute Gasteiger partial charge is 0.493 e. The summed E-state index contributed by atoms with van der Waals surface area (Å²) in [4.78, 5) is 13.9. The molecule has 154 valence electrons. The Morgan fingerprint density at radius 1 is 1.25 bits per heavy atom. The molecule has 0 spiro atoms. The molecule has 0 saturated carbocycles. The normalized spacial score (nSPS) is 11.0. The maximum atomic E-state index is 11.9. The smallest absolute Gasteiger partial charge is 0.288 e. The number of nitrogens with zero attached hydrogens (tertiary/aromatic N) is 3. The molecule has 1 heterocycles. The Kier molecular flexibility index (Phi) is 7.41. The first-order valence-electron chi connectivity index (χ1n) is 8.65. The minimum Gasteiger partial charge on any atom is -0.493 e. The summed E-state index contributed by atoms with van der Waals surface area (Å²) in [6, 6.07) is 3.54. The number of rotatable bonds is 9. The number of carbonyl (C=O) groups excluding carboxylic acids is 1. The fraction of sp³-hybridized carbons (Fsp3) is 0.500. The van der Waals surface area contributed by atoms with Crippen molar-refractivity contribution in [3.8, 4) is 28.7 Å². The van der Waals surface area contributed by atoms with Crippen LogP contribution in [0.2, 0.25) is 0 Å². The Labute approximate surface area is 169 Å². The Morgan fingerprint density at radius 3 is 2.36 bits per heavy atom. The lowest BCUT2D eigenvalue weighted by atomic mass is 10.2. The number of amides is 1. The average molecular weight is 410 g/mol. The standard InChI is InChI=1S/C18H26N4O5S/c1-11(2)19-15(23)9-21(3)10-22-18(28)27-17(20-22)12-7-13(24-4)16(26-6)14(8-12)25-5/h7-8,11H,9-10H2,1-6H3,(H,19,23). The van der Waals surface area contributed by atoms with Gasteiger partial charge in [-0.25, -0.2) is 4.68 Å². The van der Waals surface area contributed by atoms with Crippen LogP contribution in [-0.2, 0) is 11.5 Å². The van der Waals surface area contributed by atoms with Crippen LogP contribution in [0.5, 0.6) is 17.2 Å². The summed E-state index contributed by atoms with van der Waals surface area (Å²) in [5, 5.41) is 7.26. The van der Waals surface area contributed by atoms with E-state index in [0.29, 0.717) is 35.4 Å². The van der Waals surface area contributed by atoms with Crippen LogP contribution in [-0.4, -0.2) is 61.6 Å². The number of likely N-dealkylation sites (N-methyl/N-ethyl adjacent to an activating group) is 1. The molecule has 1 aromatic carbocycles. The van der Waals surface area contributed by atoms with Gasteiger partial charge in [-0.15, -0.1) is 5.10 Å². The van der Waals surface area contributed by atoms with Crippen molar-refractivity contribution in [1.82, 2.24) is 20.0 Å².